The van der Waals surface area contributed by atoms with Crippen molar-refractivity contribution in [2.24, 2.45) is 0 Å². The van der Waals surface area contributed by atoms with Crippen LogP contribution in [0.15, 0.2) is 182 Å². The summed E-state index contributed by atoms with van der Waals surface area (Å²) < 4.78 is 0. The fourth-order valence-electron chi connectivity index (χ4n) is 8.52. The van der Waals surface area contributed by atoms with E-state index in [-0.39, 0.29) is 0 Å². The summed E-state index contributed by atoms with van der Waals surface area (Å²) in [7, 11) is 0. The second-order valence-corrected chi connectivity index (χ2v) is 14.0. The van der Waals surface area contributed by atoms with Crippen LogP contribution < -0.4 is 0 Å². The molecule has 1 aliphatic carbocycles. The van der Waals surface area contributed by atoms with Gasteiger partial charge in [0, 0.05) is 34.6 Å². The standard InChI is InChI=1S/C51H30N6/c52-31-38-27-34(23-25-54-38)47-18-9-17-46(56-47)33-21-22-42-44(29-33)51(36-11-3-1-4-12-36,37-13-5-2-6-14-37)45-30-43(40-15-7-8-16-41(40)50(42)45)49-20-10-19-48(57-49)35-24-26-55-39(28-35)32-53/h1-30H. The second kappa shape index (κ2) is 13.7. The van der Waals surface area contributed by atoms with Gasteiger partial charge in [-0.2, -0.15) is 10.5 Å². The summed E-state index contributed by atoms with van der Waals surface area (Å²) in [6.07, 6.45) is 3.30. The van der Waals surface area contributed by atoms with E-state index in [2.05, 4.69) is 137 Å². The van der Waals surface area contributed by atoms with E-state index in [1.165, 1.54) is 16.7 Å². The van der Waals surface area contributed by atoms with Gasteiger partial charge < -0.3 is 0 Å². The van der Waals surface area contributed by atoms with Gasteiger partial charge >= 0.3 is 0 Å². The number of nitriles is 2. The number of benzene rings is 5. The SMILES string of the molecule is N#Cc1cc(-c2cccc(-c3ccc4c(c3)C(c3ccccc3)(c3ccccc3)c3cc(-c5cccc(-c6ccnc(C#N)c6)n5)c5ccccc5c3-4)n2)ccn1. The predicted octanol–water partition coefficient (Wildman–Crippen LogP) is 11.2. The van der Waals surface area contributed by atoms with Gasteiger partial charge in [-0.25, -0.2) is 19.9 Å². The summed E-state index contributed by atoms with van der Waals surface area (Å²) in [5.74, 6) is 0. The van der Waals surface area contributed by atoms with E-state index in [0.717, 1.165) is 72.5 Å². The average Bonchev–Trinajstić information content (AvgIpc) is 3.60. The van der Waals surface area contributed by atoms with Crippen LogP contribution in [0.2, 0.25) is 0 Å². The molecule has 0 radical (unpaired) electrons. The zero-order valence-corrected chi connectivity index (χ0v) is 30.5. The Morgan fingerprint density at radius 1 is 0.404 bits per heavy atom. The largest absolute Gasteiger partial charge is 0.248 e. The molecule has 0 aliphatic heterocycles. The van der Waals surface area contributed by atoms with Gasteiger partial charge in [-0.1, -0.05) is 109 Å². The molecule has 0 atom stereocenters. The van der Waals surface area contributed by atoms with Crippen LogP contribution in [-0.4, -0.2) is 19.9 Å². The maximum absolute atomic E-state index is 9.57. The van der Waals surface area contributed by atoms with E-state index in [9.17, 15) is 10.5 Å². The van der Waals surface area contributed by atoms with Crippen molar-refractivity contribution >= 4 is 10.8 Å². The van der Waals surface area contributed by atoms with Crippen molar-refractivity contribution in [3.8, 4) is 68.3 Å². The highest BCUT2D eigenvalue weighted by Gasteiger charge is 2.47. The maximum Gasteiger partial charge on any atom is 0.141 e. The molecule has 9 aromatic rings. The highest BCUT2D eigenvalue weighted by Crippen LogP contribution is 2.59. The third-order valence-corrected chi connectivity index (χ3v) is 11.0. The monoisotopic (exact) mass is 726 g/mol. The molecule has 10 rings (SSSR count). The van der Waals surface area contributed by atoms with Crippen LogP contribution in [0.3, 0.4) is 0 Å². The molecule has 0 saturated carbocycles. The first kappa shape index (κ1) is 33.5. The molecular formula is C51H30N6. The highest BCUT2D eigenvalue weighted by atomic mass is 14.7. The average molecular weight is 727 g/mol. The summed E-state index contributed by atoms with van der Waals surface area (Å²) >= 11 is 0. The molecule has 0 amide bonds. The fraction of sp³-hybridized carbons (Fsp3) is 0.0196. The Labute approximate surface area is 329 Å². The Bertz CT molecular complexity index is 3070. The van der Waals surface area contributed by atoms with Crippen molar-refractivity contribution in [1.82, 2.24) is 19.9 Å². The summed E-state index contributed by atoms with van der Waals surface area (Å²) in [6, 6.07) is 63.0. The quantitative estimate of drug-likeness (QED) is 0.169. The fourth-order valence-corrected chi connectivity index (χ4v) is 8.52. The molecule has 6 nitrogen and oxygen atoms in total. The van der Waals surface area contributed by atoms with E-state index < -0.39 is 5.41 Å². The Morgan fingerprint density at radius 3 is 1.49 bits per heavy atom. The topological polar surface area (TPSA) is 99.1 Å². The van der Waals surface area contributed by atoms with E-state index in [1.54, 1.807) is 24.5 Å². The smallest absolute Gasteiger partial charge is 0.141 e. The van der Waals surface area contributed by atoms with E-state index in [4.69, 9.17) is 9.97 Å². The molecule has 0 spiro atoms. The normalized spacial score (nSPS) is 12.3. The molecule has 264 valence electrons. The van der Waals surface area contributed by atoms with Crippen molar-refractivity contribution in [3.05, 3.63) is 216 Å². The molecule has 1 aliphatic rings. The molecule has 4 aromatic heterocycles. The van der Waals surface area contributed by atoms with Gasteiger partial charge in [0.05, 0.1) is 28.2 Å². The first-order valence-electron chi connectivity index (χ1n) is 18.7. The molecule has 57 heavy (non-hydrogen) atoms. The van der Waals surface area contributed by atoms with Crippen LogP contribution in [0.5, 0.6) is 0 Å². The zero-order valence-electron chi connectivity index (χ0n) is 30.5. The van der Waals surface area contributed by atoms with Gasteiger partial charge in [0.1, 0.15) is 23.5 Å². The van der Waals surface area contributed by atoms with Crippen molar-refractivity contribution in [2.75, 3.05) is 0 Å². The lowest BCUT2D eigenvalue weighted by atomic mass is 9.67. The number of nitrogens with zero attached hydrogens (tertiary/aromatic N) is 6. The number of aromatic nitrogens is 4. The first-order chi connectivity index (χ1) is 28.1. The van der Waals surface area contributed by atoms with Crippen LogP contribution >= 0.6 is 0 Å². The third kappa shape index (κ3) is 5.48. The highest BCUT2D eigenvalue weighted by molar-refractivity contribution is 6.10. The summed E-state index contributed by atoms with van der Waals surface area (Å²) in [5, 5.41) is 21.3. The Hall–Kier alpha value is -8.06. The zero-order chi connectivity index (χ0) is 38.3. The van der Waals surface area contributed by atoms with Crippen molar-refractivity contribution in [2.45, 2.75) is 5.41 Å². The molecule has 0 saturated heterocycles. The molecule has 0 unspecified atom stereocenters. The van der Waals surface area contributed by atoms with Gasteiger partial charge in [0.2, 0.25) is 0 Å². The predicted molar refractivity (Wildman–Crippen MR) is 224 cm³/mol. The lowest BCUT2D eigenvalue weighted by Crippen LogP contribution is -2.28. The summed E-state index contributed by atoms with van der Waals surface area (Å²) in [4.78, 5) is 18.7. The van der Waals surface area contributed by atoms with Crippen LogP contribution in [-0.2, 0) is 5.41 Å². The third-order valence-electron chi connectivity index (χ3n) is 11.0. The number of rotatable bonds is 6. The number of pyridine rings is 4. The molecule has 5 aromatic carbocycles. The Morgan fingerprint density at radius 2 is 0.912 bits per heavy atom. The second-order valence-electron chi connectivity index (χ2n) is 14.0. The minimum Gasteiger partial charge on any atom is -0.248 e. The first-order valence-corrected chi connectivity index (χ1v) is 18.7. The molecule has 4 heterocycles. The van der Waals surface area contributed by atoms with Gasteiger partial charge in [0.15, 0.2) is 0 Å². The van der Waals surface area contributed by atoms with Crippen molar-refractivity contribution in [1.29, 1.82) is 10.5 Å². The van der Waals surface area contributed by atoms with Gasteiger partial charge in [-0.3, -0.25) is 0 Å². The number of fused-ring (bicyclic) bond motifs is 5. The van der Waals surface area contributed by atoms with Gasteiger partial charge in [-0.05, 0) is 105 Å². The van der Waals surface area contributed by atoms with Crippen molar-refractivity contribution in [3.63, 3.8) is 0 Å². The molecule has 0 fully saturated rings. The lowest BCUT2D eigenvalue weighted by molar-refractivity contribution is 0.769. The maximum atomic E-state index is 9.57. The molecule has 0 bridgehead atoms. The number of hydrogen-bond donors (Lipinski definition) is 0. The van der Waals surface area contributed by atoms with Crippen LogP contribution in [0.4, 0.5) is 0 Å². The van der Waals surface area contributed by atoms with Crippen LogP contribution in [0, 0.1) is 22.7 Å². The molecular weight excluding hydrogens is 697 g/mol. The Balaban J connectivity index is 1.25. The van der Waals surface area contributed by atoms with Gasteiger partial charge in [-0.15, -0.1) is 0 Å². The van der Waals surface area contributed by atoms with Crippen LogP contribution in [0.25, 0.3) is 66.9 Å². The minimum absolute atomic E-state index is 0.350. The van der Waals surface area contributed by atoms with E-state index >= 15 is 0 Å². The molecule has 0 N–H and O–H groups in total. The summed E-state index contributed by atoms with van der Waals surface area (Å²) in [5.41, 5.74) is 13.9. The van der Waals surface area contributed by atoms with Gasteiger partial charge in [0.25, 0.3) is 0 Å². The van der Waals surface area contributed by atoms with E-state index in [1.807, 2.05) is 42.5 Å². The lowest BCUT2D eigenvalue weighted by Gasteiger charge is -2.34. The van der Waals surface area contributed by atoms with Crippen molar-refractivity contribution < 1.29 is 0 Å². The molecule has 6 heteroatoms. The minimum atomic E-state index is -0.698. The summed E-state index contributed by atoms with van der Waals surface area (Å²) in [6.45, 7) is 0. The Kier molecular flexibility index (Phi) is 8.03. The number of hydrogen-bond acceptors (Lipinski definition) is 6. The van der Waals surface area contributed by atoms with E-state index in [0.29, 0.717) is 11.4 Å². The van der Waals surface area contributed by atoms with Crippen LogP contribution in [0.1, 0.15) is 33.6 Å².